The second-order valence-corrected chi connectivity index (χ2v) is 7.71. The molecule has 2 aromatic rings. The number of quaternary nitrogens is 1. The fourth-order valence-electron chi connectivity index (χ4n) is 3.95. The summed E-state index contributed by atoms with van der Waals surface area (Å²) in [6, 6.07) is 14.4. The molecule has 0 saturated heterocycles. The number of aryl methyl sites for hydroxylation is 3. The predicted octanol–water partition coefficient (Wildman–Crippen LogP) is 2.39. The van der Waals surface area contributed by atoms with Crippen LogP contribution >= 0.6 is 0 Å². The third-order valence-electron chi connectivity index (χ3n) is 5.52. The molecule has 5 nitrogen and oxygen atoms in total. The van der Waals surface area contributed by atoms with E-state index in [1.165, 1.54) is 11.1 Å². The largest absolute Gasteiger partial charge is 0.342 e. The molecular formula is C23H30N3O2+. The van der Waals surface area contributed by atoms with Gasteiger partial charge >= 0.3 is 0 Å². The number of carbonyl (C=O) groups excluding carboxylic acids is 2. The molecule has 0 saturated carbocycles. The van der Waals surface area contributed by atoms with E-state index in [0.717, 1.165) is 36.1 Å². The van der Waals surface area contributed by atoms with Crippen LogP contribution in [0.15, 0.2) is 42.5 Å². The third-order valence-corrected chi connectivity index (χ3v) is 5.52. The fourth-order valence-corrected chi connectivity index (χ4v) is 3.95. The highest BCUT2D eigenvalue weighted by Crippen LogP contribution is 2.26. The zero-order valence-electron chi connectivity index (χ0n) is 16.9. The van der Waals surface area contributed by atoms with Crippen molar-refractivity contribution in [2.45, 2.75) is 52.1 Å². The molecule has 0 bridgehead atoms. The van der Waals surface area contributed by atoms with Crippen molar-refractivity contribution in [1.82, 2.24) is 5.32 Å². The maximum Gasteiger partial charge on any atom is 0.278 e. The lowest BCUT2D eigenvalue weighted by Gasteiger charge is -2.26. The highest BCUT2D eigenvalue weighted by atomic mass is 16.2. The van der Waals surface area contributed by atoms with Crippen LogP contribution in [0, 0.1) is 13.8 Å². The number of hydrogen-bond donors (Lipinski definition) is 3. The van der Waals surface area contributed by atoms with Crippen molar-refractivity contribution in [3.63, 3.8) is 0 Å². The second kappa shape index (κ2) is 9.02. The van der Waals surface area contributed by atoms with Crippen LogP contribution in [-0.2, 0) is 16.0 Å². The third kappa shape index (κ3) is 4.78. The Labute approximate surface area is 166 Å². The van der Waals surface area contributed by atoms with Crippen LogP contribution in [0.3, 0.4) is 0 Å². The summed E-state index contributed by atoms with van der Waals surface area (Å²) in [6.45, 7) is 5.79. The molecule has 0 unspecified atom stereocenters. The number of rotatable bonds is 6. The van der Waals surface area contributed by atoms with Gasteiger partial charge in [-0.25, -0.2) is 0 Å². The van der Waals surface area contributed by atoms with Gasteiger partial charge in [0.05, 0.1) is 6.54 Å². The summed E-state index contributed by atoms with van der Waals surface area (Å²) in [7, 11) is 0. The minimum atomic E-state index is -0.246. The molecule has 0 aliphatic heterocycles. The van der Waals surface area contributed by atoms with Gasteiger partial charge < -0.3 is 16.0 Å². The van der Waals surface area contributed by atoms with E-state index in [4.69, 9.17) is 0 Å². The van der Waals surface area contributed by atoms with Crippen LogP contribution in [0.5, 0.6) is 0 Å². The molecule has 0 fully saturated rings. The first-order valence-corrected chi connectivity index (χ1v) is 10.0. The summed E-state index contributed by atoms with van der Waals surface area (Å²) < 4.78 is 0. The van der Waals surface area contributed by atoms with Crippen LogP contribution < -0.4 is 16.0 Å². The van der Waals surface area contributed by atoms with Crippen molar-refractivity contribution < 1.29 is 14.9 Å². The van der Waals surface area contributed by atoms with E-state index in [0.29, 0.717) is 6.04 Å². The molecule has 2 aromatic carbocycles. The van der Waals surface area contributed by atoms with Gasteiger partial charge in [0.25, 0.3) is 5.91 Å². The van der Waals surface area contributed by atoms with E-state index in [1.54, 1.807) is 0 Å². The molecule has 1 aliphatic rings. The summed E-state index contributed by atoms with van der Waals surface area (Å²) in [5.41, 5.74) is 5.56. The van der Waals surface area contributed by atoms with E-state index >= 15 is 0 Å². The molecule has 0 heterocycles. The first-order valence-electron chi connectivity index (χ1n) is 10.0. The van der Waals surface area contributed by atoms with Crippen LogP contribution in [-0.4, -0.2) is 24.4 Å². The van der Waals surface area contributed by atoms with Crippen molar-refractivity contribution >= 4 is 17.5 Å². The van der Waals surface area contributed by atoms with E-state index in [-0.39, 0.29) is 24.4 Å². The number of fused-ring (bicyclic) bond motifs is 1. The number of hydrogen-bond acceptors (Lipinski definition) is 2. The number of amides is 2. The number of nitrogens with one attached hydrogen (secondary N) is 2. The van der Waals surface area contributed by atoms with E-state index in [9.17, 15) is 9.59 Å². The summed E-state index contributed by atoms with van der Waals surface area (Å²) in [5, 5.41) is 7.80. The zero-order valence-corrected chi connectivity index (χ0v) is 16.9. The zero-order chi connectivity index (χ0) is 20.1. The Hall–Kier alpha value is -2.66. The lowest BCUT2D eigenvalue weighted by molar-refractivity contribution is -0.714. The molecule has 0 radical (unpaired) electrons. The molecule has 28 heavy (non-hydrogen) atoms. The molecule has 2 atom stereocenters. The van der Waals surface area contributed by atoms with Crippen molar-refractivity contribution in [2.24, 2.45) is 0 Å². The van der Waals surface area contributed by atoms with Crippen molar-refractivity contribution in [3.05, 3.63) is 64.7 Å². The smallest absolute Gasteiger partial charge is 0.278 e. The number of anilines is 1. The number of carbonyl (C=O) groups is 2. The Morgan fingerprint density at radius 2 is 1.82 bits per heavy atom. The molecule has 0 aromatic heterocycles. The number of benzene rings is 2. The summed E-state index contributed by atoms with van der Waals surface area (Å²) in [6.07, 6.45) is 3.33. The fraction of sp³-hybridized carbons (Fsp3) is 0.391. The maximum absolute atomic E-state index is 12.5. The molecule has 5 heteroatoms. The van der Waals surface area contributed by atoms with Gasteiger partial charge in [-0.15, -0.1) is 0 Å². The standard InChI is InChI=1S/C23H29N3O2/c1-15-8-6-9-16(2)22(15)26-21(27)14-24-23(28)17(3)25-20-13-7-11-18-10-4-5-12-19(18)20/h4-6,8-10,12,17,20,25H,7,11,13-14H2,1-3H3,(H,24,28)(H,26,27)/p+1/t17-,20-/m0/s1. The van der Waals surface area contributed by atoms with Gasteiger partial charge in [0.2, 0.25) is 5.91 Å². The van der Waals surface area contributed by atoms with Gasteiger partial charge in [0.15, 0.2) is 6.04 Å². The van der Waals surface area contributed by atoms with E-state index in [1.807, 2.05) is 39.0 Å². The van der Waals surface area contributed by atoms with Gasteiger partial charge in [-0.05, 0) is 50.3 Å². The lowest BCUT2D eigenvalue weighted by atomic mass is 9.87. The van der Waals surface area contributed by atoms with Crippen LogP contribution in [0.1, 0.15) is 48.1 Å². The van der Waals surface area contributed by atoms with Gasteiger partial charge in [-0.3, -0.25) is 9.59 Å². The molecule has 0 spiro atoms. The van der Waals surface area contributed by atoms with Crippen LogP contribution in [0.2, 0.25) is 0 Å². The Morgan fingerprint density at radius 3 is 2.57 bits per heavy atom. The van der Waals surface area contributed by atoms with Crippen LogP contribution in [0.25, 0.3) is 0 Å². The monoisotopic (exact) mass is 380 g/mol. The topological polar surface area (TPSA) is 74.8 Å². The van der Waals surface area contributed by atoms with E-state index < -0.39 is 0 Å². The van der Waals surface area contributed by atoms with Gasteiger partial charge in [0, 0.05) is 17.7 Å². The Morgan fingerprint density at radius 1 is 1.11 bits per heavy atom. The minimum absolute atomic E-state index is 0.0218. The van der Waals surface area contributed by atoms with Crippen molar-refractivity contribution in [2.75, 3.05) is 11.9 Å². The second-order valence-electron chi connectivity index (χ2n) is 7.71. The predicted molar refractivity (Wildman–Crippen MR) is 111 cm³/mol. The highest BCUT2D eigenvalue weighted by Gasteiger charge is 2.27. The molecule has 3 rings (SSSR count). The van der Waals surface area contributed by atoms with Crippen molar-refractivity contribution in [3.8, 4) is 0 Å². The molecule has 2 amide bonds. The number of para-hydroxylation sites is 1. The summed E-state index contributed by atoms with van der Waals surface area (Å²) in [4.78, 5) is 24.8. The normalized spacial score (nSPS) is 16.8. The first kappa shape index (κ1) is 20.1. The van der Waals surface area contributed by atoms with E-state index in [2.05, 4.69) is 40.2 Å². The minimum Gasteiger partial charge on any atom is -0.342 e. The molecule has 148 valence electrons. The molecule has 4 N–H and O–H groups in total. The lowest BCUT2D eigenvalue weighted by Crippen LogP contribution is -2.92. The summed E-state index contributed by atoms with van der Waals surface area (Å²) >= 11 is 0. The van der Waals surface area contributed by atoms with Crippen molar-refractivity contribution in [1.29, 1.82) is 0 Å². The molecular weight excluding hydrogens is 350 g/mol. The average molecular weight is 381 g/mol. The Balaban J connectivity index is 1.52. The highest BCUT2D eigenvalue weighted by molar-refractivity contribution is 5.96. The number of nitrogens with two attached hydrogens (primary N) is 1. The van der Waals surface area contributed by atoms with Gasteiger partial charge in [0.1, 0.15) is 6.04 Å². The summed E-state index contributed by atoms with van der Waals surface area (Å²) in [5.74, 6) is -0.319. The maximum atomic E-state index is 12.5. The Bertz CT molecular complexity index is 842. The Kier molecular flexibility index (Phi) is 6.47. The first-order chi connectivity index (χ1) is 13.5. The van der Waals surface area contributed by atoms with Crippen LogP contribution in [0.4, 0.5) is 5.69 Å². The average Bonchev–Trinajstić information content (AvgIpc) is 2.69. The quantitative estimate of drug-likeness (QED) is 0.720. The molecule has 1 aliphatic carbocycles. The SMILES string of the molecule is Cc1cccc(C)c1NC(=O)CNC(=O)[C@H](C)[NH2+][C@H]1CCCc2ccccc21. The van der Waals surface area contributed by atoms with Gasteiger partial charge in [-0.1, -0.05) is 42.5 Å². The van der Waals surface area contributed by atoms with Gasteiger partial charge in [-0.2, -0.15) is 0 Å².